The van der Waals surface area contributed by atoms with E-state index in [1.165, 1.54) is 12.8 Å². The van der Waals surface area contributed by atoms with Crippen LogP contribution in [0.2, 0.25) is 0 Å². The molecule has 3 aliphatic rings. The monoisotopic (exact) mass is 308 g/mol. The standard InChI is InChI=1S/C17H28N2O3/c1-12(2)16(21)19-10-17(11-19)6-5-14(9-22-17)8-18-15(20)7-13-3-4-13/h12-14H,3-11H2,1-2H3,(H,18,20)/t14-/m0/s1. The molecule has 0 bridgehead atoms. The van der Waals surface area contributed by atoms with Crippen molar-refractivity contribution >= 4 is 11.8 Å². The highest BCUT2D eigenvalue weighted by Crippen LogP contribution is 2.36. The Kier molecular flexibility index (Phi) is 4.44. The van der Waals surface area contributed by atoms with Gasteiger partial charge in [-0.05, 0) is 37.5 Å². The molecule has 3 fully saturated rings. The molecule has 0 unspecified atom stereocenters. The van der Waals surface area contributed by atoms with Crippen molar-refractivity contribution in [1.29, 1.82) is 0 Å². The van der Waals surface area contributed by atoms with Gasteiger partial charge in [-0.3, -0.25) is 9.59 Å². The quantitative estimate of drug-likeness (QED) is 0.838. The minimum absolute atomic E-state index is 0.0652. The molecule has 1 N–H and O–H groups in total. The van der Waals surface area contributed by atoms with Crippen LogP contribution in [0.25, 0.3) is 0 Å². The second kappa shape index (κ2) is 6.19. The van der Waals surface area contributed by atoms with E-state index in [1.807, 2.05) is 18.7 Å². The van der Waals surface area contributed by atoms with Gasteiger partial charge in [-0.2, -0.15) is 0 Å². The topological polar surface area (TPSA) is 58.6 Å². The van der Waals surface area contributed by atoms with Crippen molar-refractivity contribution in [2.45, 2.75) is 51.6 Å². The molecule has 1 spiro atoms. The summed E-state index contributed by atoms with van der Waals surface area (Å²) in [5, 5.41) is 3.05. The smallest absolute Gasteiger partial charge is 0.225 e. The minimum atomic E-state index is -0.0981. The van der Waals surface area contributed by atoms with E-state index in [1.54, 1.807) is 0 Å². The summed E-state index contributed by atoms with van der Waals surface area (Å²) in [4.78, 5) is 25.5. The van der Waals surface area contributed by atoms with Crippen molar-refractivity contribution in [3.05, 3.63) is 0 Å². The number of nitrogens with one attached hydrogen (secondary N) is 1. The first kappa shape index (κ1) is 15.8. The maximum atomic E-state index is 11.9. The van der Waals surface area contributed by atoms with Crippen LogP contribution in [-0.4, -0.2) is 48.6 Å². The first-order chi connectivity index (χ1) is 10.5. The summed E-state index contributed by atoms with van der Waals surface area (Å²) in [5.74, 6) is 1.55. The molecule has 0 aromatic carbocycles. The Bertz CT molecular complexity index is 429. The highest BCUT2D eigenvalue weighted by atomic mass is 16.5. The van der Waals surface area contributed by atoms with Gasteiger partial charge in [0.15, 0.2) is 0 Å². The molecular formula is C17H28N2O3. The molecule has 2 heterocycles. The maximum absolute atomic E-state index is 11.9. The van der Waals surface area contributed by atoms with E-state index in [0.29, 0.717) is 24.9 Å². The van der Waals surface area contributed by atoms with Gasteiger partial charge >= 0.3 is 0 Å². The highest BCUT2D eigenvalue weighted by Gasteiger charge is 2.48. The third kappa shape index (κ3) is 3.62. The molecule has 2 saturated heterocycles. The van der Waals surface area contributed by atoms with Crippen LogP contribution >= 0.6 is 0 Å². The summed E-state index contributed by atoms with van der Waals surface area (Å²) in [6, 6.07) is 0. The van der Waals surface area contributed by atoms with E-state index in [9.17, 15) is 9.59 Å². The normalized spacial score (nSPS) is 26.9. The molecule has 2 amide bonds. The summed E-state index contributed by atoms with van der Waals surface area (Å²) in [7, 11) is 0. The predicted octanol–water partition coefficient (Wildman–Crippen LogP) is 1.57. The number of hydrogen-bond acceptors (Lipinski definition) is 3. The molecule has 5 heteroatoms. The summed E-state index contributed by atoms with van der Waals surface area (Å²) in [6.45, 7) is 6.80. The lowest BCUT2D eigenvalue weighted by molar-refractivity contribution is -0.190. The zero-order valence-electron chi connectivity index (χ0n) is 13.8. The lowest BCUT2D eigenvalue weighted by Crippen LogP contribution is -2.67. The fraction of sp³-hybridized carbons (Fsp3) is 0.882. The van der Waals surface area contributed by atoms with Gasteiger partial charge in [0.2, 0.25) is 11.8 Å². The molecule has 3 rings (SSSR count). The molecule has 0 aromatic rings. The molecule has 22 heavy (non-hydrogen) atoms. The first-order valence-corrected chi connectivity index (χ1v) is 8.67. The van der Waals surface area contributed by atoms with Crippen LogP contribution < -0.4 is 5.32 Å². The van der Waals surface area contributed by atoms with Crippen LogP contribution in [0.3, 0.4) is 0 Å². The second-order valence-electron chi connectivity index (χ2n) is 7.70. The van der Waals surface area contributed by atoms with Crippen LogP contribution in [0.15, 0.2) is 0 Å². The van der Waals surface area contributed by atoms with Gasteiger partial charge in [0.25, 0.3) is 0 Å². The molecular weight excluding hydrogens is 280 g/mol. The molecule has 1 atom stereocenters. The van der Waals surface area contributed by atoms with E-state index < -0.39 is 0 Å². The molecule has 2 aliphatic heterocycles. The Morgan fingerprint density at radius 2 is 1.95 bits per heavy atom. The Hall–Kier alpha value is -1.10. The number of hydrogen-bond donors (Lipinski definition) is 1. The van der Waals surface area contributed by atoms with Crippen molar-refractivity contribution in [2.24, 2.45) is 17.8 Å². The zero-order chi connectivity index (χ0) is 15.7. The van der Waals surface area contributed by atoms with Crippen LogP contribution in [0.4, 0.5) is 0 Å². The fourth-order valence-corrected chi connectivity index (χ4v) is 3.41. The molecule has 0 radical (unpaired) electrons. The van der Waals surface area contributed by atoms with Crippen LogP contribution in [0.1, 0.15) is 46.0 Å². The number of ether oxygens (including phenoxy) is 1. The Morgan fingerprint density at radius 3 is 2.50 bits per heavy atom. The third-order valence-electron chi connectivity index (χ3n) is 5.16. The van der Waals surface area contributed by atoms with Crippen molar-refractivity contribution in [1.82, 2.24) is 10.2 Å². The van der Waals surface area contributed by atoms with Gasteiger partial charge in [-0.1, -0.05) is 13.8 Å². The van der Waals surface area contributed by atoms with Crippen molar-refractivity contribution in [3.8, 4) is 0 Å². The van der Waals surface area contributed by atoms with Crippen LogP contribution in [0, 0.1) is 17.8 Å². The first-order valence-electron chi connectivity index (χ1n) is 8.67. The summed E-state index contributed by atoms with van der Waals surface area (Å²) < 4.78 is 6.05. The van der Waals surface area contributed by atoms with Gasteiger partial charge in [0.05, 0.1) is 19.7 Å². The molecule has 1 saturated carbocycles. The number of amides is 2. The van der Waals surface area contributed by atoms with Crippen LogP contribution in [-0.2, 0) is 14.3 Å². The molecule has 1 aliphatic carbocycles. The number of likely N-dealkylation sites (tertiary alicyclic amines) is 1. The largest absolute Gasteiger partial charge is 0.371 e. The Balaban J connectivity index is 1.34. The number of rotatable bonds is 5. The SMILES string of the molecule is CC(C)C(=O)N1CC2(CC[C@@H](CNC(=O)CC3CC3)CO2)C1. The molecule has 5 nitrogen and oxygen atoms in total. The average molecular weight is 308 g/mol. The van der Waals surface area contributed by atoms with E-state index in [2.05, 4.69) is 5.32 Å². The number of carbonyl (C=O) groups is 2. The zero-order valence-corrected chi connectivity index (χ0v) is 13.8. The maximum Gasteiger partial charge on any atom is 0.225 e. The lowest BCUT2D eigenvalue weighted by atomic mass is 9.82. The average Bonchev–Trinajstić information content (AvgIpc) is 3.26. The van der Waals surface area contributed by atoms with Crippen LogP contribution in [0.5, 0.6) is 0 Å². The highest BCUT2D eigenvalue weighted by molar-refractivity contribution is 5.79. The van der Waals surface area contributed by atoms with Gasteiger partial charge < -0.3 is 15.0 Å². The molecule has 0 aromatic heterocycles. The number of carbonyl (C=O) groups excluding carboxylic acids is 2. The van der Waals surface area contributed by atoms with Gasteiger partial charge in [0.1, 0.15) is 5.60 Å². The fourth-order valence-electron chi connectivity index (χ4n) is 3.41. The predicted molar refractivity (Wildman–Crippen MR) is 83.2 cm³/mol. The van der Waals surface area contributed by atoms with E-state index in [0.717, 1.165) is 32.5 Å². The summed E-state index contributed by atoms with van der Waals surface area (Å²) in [6.07, 6.45) is 5.21. The Morgan fingerprint density at radius 1 is 1.23 bits per heavy atom. The second-order valence-corrected chi connectivity index (χ2v) is 7.70. The minimum Gasteiger partial charge on any atom is -0.371 e. The molecule has 124 valence electrons. The van der Waals surface area contributed by atoms with E-state index in [4.69, 9.17) is 4.74 Å². The van der Waals surface area contributed by atoms with E-state index in [-0.39, 0.29) is 23.3 Å². The summed E-state index contributed by atoms with van der Waals surface area (Å²) in [5.41, 5.74) is -0.0981. The van der Waals surface area contributed by atoms with E-state index >= 15 is 0 Å². The number of nitrogens with zero attached hydrogens (tertiary/aromatic N) is 1. The van der Waals surface area contributed by atoms with Gasteiger partial charge in [0, 0.05) is 18.9 Å². The Labute approximate surface area is 132 Å². The van der Waals surface area contributed by atoms with Crippen molar-refractivity contribution < 1.29 is 14.3 Å². The summed E-state index contributed by atoms with van der Waals surface area (Å²) >= 11 is 0. The van der Waals surface area contributed by atoms with Crippen molar-refractivity contribution in [3.63, 3.8) is 0 Å². The van der Waals surface area contributed by atoms with Gasteiger partial charge in [-0.25, -0.2) is 0 Å². The third-order valence-corrected chi connectivity index (χ3v) is 5.16. The lowest BCUT2D eigenvalue weighted by Gasteiger charge is -2.53. The van der Waals surface area contributed by atoms with Crippen molar-refractivity contribution in [2.75, 3.05) is 26.2 Å². The van der Waals surface area contributed by atoms with Gasteiger partial charge in [-0.15, -0.1) is 0 Å².